The molecule has 2 nitrogen and oxygen atoms in total. The second kappa shape index (κ2) is 3.75. The van der Waals surface area contributed by atoms with E-state index in [4.69, 9.17) is 15.1 Å². The van der Waals surface area contributed by atoms with Crippen molar-refractivity contribution in [1.29, 1.82) is 0 Å². The Bertz CT molecular complexity index is 592. The summed E-state index contributed by atoms with van der Waals surface area (Å²) in [7, 11) is 0. The quantitative estimate of drug-likeness (QED) is 0.770. The average Bonchev–Trinajstić information content (AvgIpc) is 2.66. The molecule has 1 fully saturated rings. The lowest BCUT2D eigenvalue weighted by Gasteiger charge is -2.25. The van der Waals surface area contributed by atoms with Crippen molar-refractivity contribution in [3.8, 4) is 0 Å². The van der Waals surface area contributed by atoms with E-state index < -0.39 is 37.2 Å². The molecule has 0 amide bonds. The van der Waals surface area contributed by atoms with Crippen molar-refractivity contribution in [2.45, 2.75) is 19.1 Å². The van der Waals surface area contributed by atoms with Gasteiger partial charge in [-0.05, 0) is 35.0 Å². The zero-order valence-corrected chi connectivity index (χ0v) is 8.08. The maximum absolute atomic E-state index is 7.95. The number of hydrogen-bond donors (Lipinski definition) is 0. The Kier molecular flexibility index (Phi) is 0.774. The van der Waals surface area contributed by atoms with E-state index >= 15 is 0 Å². The topological polar surface area (TPSA) is 16.1 Å². The Morgan fingerprint density at radius 2 is 2.33 bits per heavy atom. The summed E-state index contributed by atoms with van der Waals surface area (Å²) >= 11 is 3.61. The zero-order chi connectivity index (χ0) is 18.2. The van der Waals surface area contributed by atoms with Crippen LogP contribution in [0, 0.1) is 0 Å². The standard InChI is InChI=1S/C8H11BrN2S/c9-7-6-10-8(12-7)11-4-2-1-3-5-11/h6H,1-5H2/i1D2,2D2,3D2,4D2,5D2,6D. The van der Waals surface area contributed by atoms with Crippen LogP contribution in [-0.2, 0) is 0 Å². The van der Waals surface area contributed by atoms with E-state index in [-0.39, 0.29) is 14.9 Å². The molecule has 1 aromatic rings. The summed E-state index contributed by atoms with van der Waals surface area (Å²) in [5.74, 6) is 0. The molecule has 0 aromatic carbocycles. The molecule has 0 bridgehead atoms. The number of thiazole rings is 1. The third-order valence-electron chi connectivity index (χ3n) is 1.07. The van der Waals surface area contributed by atoms with Crippen LogP contribution in [0.1, 0.15) is 34.2 Å². The number of rotatable bonds is 1. The molecule has 12 heavy (non-hydrogen) atoms. The first-order valence-corrected chi connectivity index (χ1v) is 4.57. The average molecular weight is 258 g/mol. The Balaban J connectivity index is 2.79. The van der Waals surface area contributed by atoms with Gasteiger partial charge in [0.05, 0.1) is 11.3 Å². The van der Waals surface area contributed by atoms with Crippen LogP contribution in [0.2, 0.25) is 0 Å². The number of halogens is 1. The molecular formula is C8H11BrN2S. The van der Waals surface area contributed by atoms with Crippen LogP contribution in [0.4, 0.5) is 5.13 Å². The van der Waals surface area contributed by atoms with Gasteiger partial charge in [0.15, 0.2) is 5.13 Å². The predicted molar refractivity (Wildman–Crippen MR) is 55.9 cm³/mol. The first-order chi connectivity index (χ1) is 10.0. The SMILES string of the molecule is [2H]c1nc(N2C([2H])([2H])C([2H])([2H])C([2H])([2H])C([2H])([2H])C2([2H])[2H])sc1Br. The molecule has 2 rings (SSSR count). The minimum absolute atomic E-state index is 0.133. The lowest BCUT2D eigenvalue weighted by molar-refractivity contribution is 0.577. The van der Waals surface area contributed by atoms with Gasteiger partial charge in [-0.15, -0.1) is 0 Å². The molecule has 0 N–H and O–H groups in total. The van der Waals surface area contributed by atoms with Crippen molar-refractivity contribution in [3.05, 3.63) is 9.96 Å². The Hall–Kier alpha value is -0.0900. The summed E-state index contributed by atoms with van der Waals surface area (Å²) in [5.41, 5.74) is 0. The third kappa shape index (κ3) is 1.80. The zero-order valence-electron chi connectivity index (χ0n) is 16.7. The minimum Gasteiger partial charge on any atom is -0.348 e. The van der Waals surface area contributed by atoms with E-state index in [2.05, 4.69) is 20.9 Å². The minimum atomic E-state index is -3.46. The summed E-state index contributed by atoms with van der Waals surface area (Å²) in [6.45, 7) is -6.51. The molecule has 1 aliphatic rings. The fraction of sp³-hybridized carbons (Fsp3) is 0.625. The highest BCUT2D eigenvalue weighted by molar-refractivity contribution is 9.11. The van der Waals surface area contributed by atoms with Gasteiger partial charge < -0.3 is 4.90 Å². The molecule has 1 aromatic heterocycles. The lowest BCUT2D eigenvalue weighted by atomic mass is 10.1. The lowest BCUT2D eigenvalue weighted by Crippen LogP contribution is -2.29. The van der Waals surface area contributed by atoms with Crippen LogP contribution >= 0.6 is 27.3 Å². The summed E-state index contributed by atoms with van der Waals surface area (Å²) < 4.78 is 86.0. The summed E-state index contributed by atoms with van der Waals surface area (Å²) in [5, 5.41) is -0.458. The van der Waals surface area contributed by atoms with Crippen molar-refractivity contribution < 1.29 is 15.1 Å². The van der Waals surface area contributed by atoms with E-state index in [1.54, 1.807) is 0 Å². The normalized spacial score (nSPS) is 52.8. The maximum atomic E-state index is 7.95. The van der Waals surface area contributed by atoms with Crippen molar-refractivity contribution >= 4 is 32.4 Å². The first-order valence-electron chi connectivity index (χ1n) is 8.47. The highest BCUT2D eigenvalue weighted by Crippen LogP contribution is 2.28. The first kappa shape index (κ1) is 2.48. The Morgan fingerprint density at radius 1 is 1.58 bits per heavy atom. The molecule has 0 atom stereocenters. The molecule has 0 unspecified atom stereocenters. The molecule has 0 saturated carbocycles. The van der Waals surface area contributed by atoms with Crippen LogP contribution in [0.5, 0.6) is 0 Å². The second-order valence-corrected chi connectivity index (χ2v) is 4.11. The maximum Gasteiger partial charge on any atom is 0.186 e. The van der Waals surface area contributed by atoms with Crippen LogP contribution in [0.3, 0.4) is 0 Å². The number of aromatic nitrogens is 1. The highest BCUT2D eigenvalue weighted by atomic mass is 79.9. The smallest absolute Gasteiger partial charge is 0.186 e. The predicted octanol–water partition coefficient (Wildman–Crippen LogP) is 2.90. The molecular weight excluding hydrogens is 236 g/mol. The number of piperidine rings is 1. The molecule has 1 saturated heterocycles. The summed E-state index contributed by atoms with van der Waals surface area (Å²) in [6, 6.07) is 0. The third-order valence-corrected chi connectivity index (χ3v) is 2.46. The molecule has 4 heteroatoms. The number of anilines is 1. The molecule has 0 radical (unpaired) electrons. The summed E-state index contributed by atoms with van der Waals surface area (Å²) in [4.78, 5) is 3.78. The van der Waals surface area contributed by atoms with Crippen molar-refractivity contribution in [2.75, 3.05) is 17.9 Å². The second-order valence-electron chi connectivity index (χ2n) is 1.82. The summed E-state index contributed by atoms with van der Waals surface area (Å²) in [6.07, 6.45) is -10.6. The van der Waals surface area contributed by atoms with Gasteiger partial charge in [0.25, 0.3) is 0 Å². The number of hydrogen-bond acceptors (Lipinski definition) is 3. The van der Waals surface area contributed by atoms with Crippen molar-refractivity contribution in [2.24, 2.45) is 0 Å². The van der Waals surface area contributed by atoms with Crippen LogP contribution in [0.15, 0.2) is 9.96 Å². The molecule has 2 heterocycles. The van der Waals surface area contributed by atoms with Gasteiger partial charge in [-0.3, -0.25) is 0 Å². The number of nitrogens with zero attached hydrogens (tertiary/aromatic N) is 2. The Labute approximate surface area is 100 Å². The van der Waals surface area contributed by atoms with E-state index in [9.17, 15) is 0 Å². The van der Waals surface area contributed by atoms with Crippen molar-refractivity contribution in [3.63, 3.8) is 0 Å². The van der Waals surface area contributed by atoms with Crippen LogP contribution in [0.25, 0.3) is 0 Å². The van der Waals surface area contributed by atoms with Gasteiger partial charge in [0.2, 0.25) is 0 Å². The van der Waals surface area contributed by atoms with E-state index in [0.717, 1.165) is 0 Å². The fourth-order valence-electron chi connectivity index (χ4n) is 0.636. The van der Waals surface area contributed by atoms with Gasteiger partial charge in [-0.1, -0.05) is 11.3 Å². The van der Waals surface area contributed by atoms with Crippen LogP contribution < -0.4 is 4.90 Å². The van der Waals surface area contributed by atoms with Gasteiger partial charge in [0.1, 0.15) is 0 Å². The largest absolute Gasteiger partial charge is 0.348 e. The van der Waals surface area contributed by atoms with Crippen LogP contribution in [-0.4, -0.2) is 18.0 Å². The monoisotopic (exact) mass is 257 g/mol. The van der Waals surface area contributed by atoms with Gasteiger partial charge in [0, 0.05) is 26.7 Å². The van der Waals surface area contributed by atoms with Gasteiger partial charge in [-0.2, -0.15) is 0 Å². The highest BCUT2D eigenvalue weighted by Gasteiger charge is 2.13. The molecule has 0 spiro atoms. The van der Waals surface area contributed by atoms with Crippen molar-refractivity contribution in [1.82, 2.24) is 4.98 Å². The van der Waals surface area contributed by atoms with Gasteiger partial charge >= 0.3 is 0 Å². The Morgan fingerprint density at radius 3 is 2.92 bits per heavy atom. The fourth-order valence-corrected chi connectivity index (χ4v) is 1.68. The van der Waals surface area contributed by atoms with E-state index in [1.165, 1.54) is 0 Å². The molecule has 66 valence electrons. The van der Waals surface area contributed by atoms with E-state index in [1.807, 2.05) is 0 Å². The molecule has 0 aliphatic carbocycles. The molecule has 1 aliphatic heterocycles. The van der Waals surface area contributed by atoms with Gasteiger partial charge in [-0.25, -0.2) is 4.98 Å². The van der Waals surface area contributed by atoms with E-state index in [0.29, 0.717) is 11.3 Å².